The van der Waals surface area contributed by atoms with Crippen LogP contribution in [-0.2, 0) is 50.7 Å². The number of phosphoric ester groups is 3. The molecule has 3 heterocycles. The molecule has 10 N–H and O–H groups in total. The number of nitrogens with two attached hydrogens (primary N) is 1. The van der Waals surface area contributed by atoms with E-state index in [-0.39, 0.29) is 41.6 Å². The molecule has 1 aliphatic rings. The zero-order valence-corrected chi connectivity index (χ0v) is 42.3. The molecule has 0 aliphatic carbocycles. The molecular weight excluding hydrogens is 987 g/mol. The van der Waals surface area contributed by atoms with Crippen LogP contribution in [0.4, 0.5) is 5.82 Å². The Bertz CT molecular complexity index is 2220. The molecule has 69 heavy (non-hydrogen) atoms. The average molecular weight is 1050 g/mol. The molecule has 2 amide bonds. The van der Waals surface area contributed by atoms with Gasteiger partial charge in [0.2, 0.25) is 11.8 Å². The second-order valence-corrected chi connectivity index (χ2v) is 21.7. The van der Waals surface area contributed by atoms with Gasteiger partial charge in [0.05, 0.1) is 19.5 Å². The van der Waals surface area contributed by atoms with E-state index in [4.69, 9.17) is 19.5 Å². The standard InChI is InChI=1S/C41H66N7O17P3S/c1-4-5-6-7-8-9-10-11-12-13-14-15-16-17-18-19-20-21-32(50)69-25-24-43-31(49)22-23-44-39(53)36(52)41(2,3)27-62-68(59,60)65-67(57,58)61-26-30-35(64-66(54,55)56)34(51)40(63-30)48-29-47-33-37(42)45-28-46-38(33)48/h8-9,11-12,14-15,17-18,28-30,34-36,40,51-52H,4-7,10,13,16,19-27H2,1-3H3,(H,43,49)(H,44,53)(H,57,58)(H,59,60)(H2,42,45,46)(H2,54,55,56)/t30-,34?,35+,36+,40-/m1/s1. The first-order valence-electron chi connectivity index (χ1n) is 22.2. The second kappa shape index (κ2) is 29.8. The van der Waals surface area contributed by atoms with Gasteiger partial charge in [0.1, 0.15) is 36.3 Å². The Kier molecular flexibility index (Phi) is 25.8. The lowest BCUT2D eigenvalue weighted by Crippen LogP contribution is -2.46. The Hall–Kier alpha value is -3.48. The Morgan fingerprint density at radius 3 is 2.14 bits per heavy atom. The van der Waals surface area contributed by atoms with E-state index in [0.29, 0.717) is 18.6 Å². The maximum absolute atomic E-state index is 12.7. The van der Waals surface area contributed by atoms with Gasteiger partial charge < -0.3 is 50.9 Å². The molecule has 24 nitrogen and oxygen atoms in total. The van der Waals surface area contributed by atoms with Crippen molar-refractivity contribution in [2.75, 3.05) is 37.8 Å². The molecule has 7 atom stereocenters. The summed E-state index contributed by atoms with van der Waals surface area (Å²) >= 11 is 1.11. The highest BCUT2D eigenvalue weighted by Crippen LogP contribution is 2.61. The van der Waals surface area contributed by atoms with E-state index in [0.717, 1.165) is 61.1 Å². The quantitative estimate of drug-likeness (QED) is 0.0263. The van der Waals surface area contributed by atoms with Gasteiger partial charge in [-0.25, -0.2) is 28.6 Å². The number of hydrogen-bond acceptors (Lipinski definition) is 18. The van der Waals surface area contributed by atoms with Gasteiger partial charge >= 0.3 is 23.5 Å². The van der Waals surface area contributed by atoms with E-state index < -0.39 is 84.6 Å². The first-order chi connectivity index (χ1) is 32.6. The molecule has 0 aromatic carbocycles. The van der Waals surface area contributed by atoms with E-state index in [1.165, 1.54) is 33.1 Å². The van der Waals surface area contributed by atoms with E-state index in [1.807, 2.05) is 0 Å². The number of nitrogens with zero attached hydrogens (tertiary/aromatic N) is 4. The van der Waals surface area contributed by atoms with E-state index in [2.05, 4.69) is 90.0 Å². The van der Waals surface area contributed by atoms with Crippen molar-refractivity contribution in [3.63, 3.8) is 0 Å². The number of nitrogens with one attached hydrogen (secondary N) is 2. The molecule has 2 aromatic heterocycles. The van der Waals surface area contributed by atoms with Crippen molar-refractivity contribution < 1.29 is 80.5 Å². The predicted octanol–water partition coefficient (Wildman–Crippen LogP) is 4.81. The van der Waals surface area contributed by atoms with Gasteiger partial charge in [-0.2, -0.15) is 4.31 Å². The van der Waals surface area contributed by atoms with Crippen LogP contribution in [0.5, 0.6) is 0 Å². The summed E-state index contributed by atoms with van der Waals surface area (Å²) in [6, 6.07) is 0. The monoisotopic (exact) mass is 1050 g/mol. The summed E-state index contributed by atoms with van der Waals surface area (Å²) in [6.07, 6.45) is 19.7. The topological polar surface area (TPSA) is 364 Å². The first kappa shape index (κ1) is 59.8. The summed E-state index contributed by atoms with van der Waals surface area (Å²) in [5, 5.41) is 26.6. The molecule has 1 fully saturated rings. The lowest BCUT2D eigenvalue weighted by atomic mass is 9.87. The molecule has 3 unspecified atom stereocenters. The van der Waals surface area contributed by atoms with E-state index in [1.54, 1.807) is 0 Å². The van der Waals surface area contributed by atoms with E-state index >= 15 is 0 Å². The van der Waals surface area contributed by atoms with Crippen molar-refractivity contribution in [3.05, 3.63) is 61.3 Å². The molecule has 0 bridgehead atoms. The lowest BCUT2D eigenvalue weighted by Gasteiger charge is -2.30. The van der Waals surface area contributed by atoms with Crippen LogP contribution in [0.25, 0.3) is 11.2 Å². The molecule has 1 saturated heterocycles. The van der Waals surface area contributed by atoms with Gasteiger partial charge in [-0.15, -0.1) is 0 Å². The third-order valence-corrected chi connectivity index (χ3v) is 14.0. The van der Waals surface area contributed by atoms with Crippen molar-refractivity contribution >= 4 is 69.1 Å². The minimum absolute atomic E-state index is 0.0112. The van der Waals surface area contributed by atoms with Crippen molar-refractivity contribution in [2.24, 2.45) is 5.41 Å². The number of allylic oxidation sites excluding steroid dienone is 8. The molecule has 0 spiro atoms. The second-order valence-electron chi connectivity index (χ2n) is 16.3. The number of carbonyl (C=O) groups is 3. The van der Waals surface area contributed by atoms with Gasteiger partial charge in [0, 0.05) is 37.1 Å². The summed E-state index contributed by atoms with van der Waals surface area (Å²) in [4.78, 5) is 88.3. The molecule has 3 rings (SSSR count). The fourth-order valence-corrected chi connectivity index (χ4v) is 9.84. The minimum Gasteiger partial charge on any atom is -0.386 e. The van der Waals surface area contributed by atoms with Gasteiger partial charge in [-0.3, -0.25) is 32.5 Å². The van der Waals surface area contributed by atoms with Gasteiger partial charge in [0.25, 0.3) is 0 Å². The third kappa shape index (κ3) is 22.6. The zero-order valence-electron chi connectivity index (χ0n) is 38.8. The number of fused-ring (bicyclic) bond motifs is 1. The molecule has 0 saturated carbocycles. The highest BCUT2D eigenvalue weighted by atomic mass is 32.2. The highest BCUT2D eigenvalue weighted by Gasteiger charge is 2.50. The summed E-state index contributed by atoms with van der Waals surface area (Å²) in [5.41, 5.74) is 4.27. The fraction of sp³-hybridized carbons (Fsp3) is 0.610. The third-order valence-electron chi connectivity index (χ3n) is 9.97. The summed E-state index contributed by atoms with van der Waals surface area (Å²) in [6.45, 7) is 2.71. The normalized spacial score (nSPS) is 20.3. The maximum Gasteiger partial charge on any atom is 0.481 e. The zero-order chi connectivity index (χ0) is 51.1. The SMILES string of the molecule is CCCCCC=CCC=CCC=CCC=CCCCC(=O)SCCNC(=O)CCNC(=O)[C@H](O)C(C)(C)COP(=O)(O)OP(=O)(O)OC[C@H]1O[C@@H](n2cnc3c(N)ncnc32)C(O)[C@H]1OP(=O)(O)O. The number of rotatable bonds is 33. The number of thioether (sulfide) groups is 1. The number of amides is 2. The molecular formula is C41H66N7O17P3S. The van der Waals surface area contributed by atoms with Crippen LogP contribution in [0.1, 0.15) is 97.6 Å². The Morgan fingerprint density at radius 2 is 1.51 bits per heavy atom. The average Bonchev–Trinajstić information content (AvgIpc) is 3.84. The molecule has 1 aliphatic heterocycles. The lowest BCUT2D eigenvalue weighted by molar-refractivity contribution is -0.137. The van der Waals surface area contributed by atoms with Crippen LogP contribution in [0.15, 0.2) is 61.3 Å². The number of phosphoric acid groups is 3. The minimum atomic E-state index is -5.58. The summed E-state index contributed by atoms with van der Waals surface area (Å²) in [5.74, 6) is -1.09. The summed E-state index contributed by atoms with van der Waals surface area (Å²) in [7, 11) is -16.4. The smallest absolute Gasteiger partial charge is 0.386 e. The van der Waals surface area contributed by atoms with Crippen LogP contribution >= 0.6 is 35.2 Å². The largest absolute Gasteiger partial charge is 0.481 e. The molecule has 0 radical (unpaired) electrons. The van der Waals surface area contributed by atoms with Crippen molar-refractivity contribution in [3.8, 4) is 0 Å². The number of unbranched alkanes of at least 4 members (excludes halogenated alkanes) is 4. The van der Waals surface area contributed by atoms with Crippen LogP contribution in [0.3, 0.4) is 0 Å². The first-order valence-corrected chi connectivity index (χ1v) is 27.7. The number of aliphatic hydroxyl groups is 2. The maximum atomic E-state index is 12.7. The number of hydrogen-bond donors (Lipinski definition) is 9. The molecule has 388 valence electrons. The van der Waals surface area contributed by atoms with E-state index in [9.17, 15) is 57.9 Å². The van der Waals surface area contributed by atoms with Crippen molar-refractivity contribution in [1.82, 2.24) is 30.2 Å². The van der Waals surface area contributed by atoms with Gasteiger partial charge in [-0.05, 0) is 44.9 Å². The molecule has 2 aromatic rings. The summed E-state index contributed by atoms with van der Waals surface area (Å²) < 4.78 is 62.4. The van der Waals surface area contributed by atoms with Crippen LogP contribution in [-0.4, -0.2) is 123 Å². The Morgan fingerprint density at radius 1 is 0.884 bits per heavy atom. The number of aromatic nitrogens is 4. The number of imidazole rings is 1. The number of anilines is 1. The number of nitrogen functional groups attached to an aromatic ring is 1. The number of carbonyl (C=O) groups excluding carboxylic acids is 3. The van der Waals surface area contributed by atoms with Crippen LogP contribution in [0.2, 0.25) is 0 Å². The van der Waals surface area contributed by atoms with Crippen molar-refractivity contribution in [1.29, 1.82) is 0 Å². The Balaban J connectivity index is 1.31. The van der Waals surface area contributed by atoms with Crippen LogP contribution in [0, 0.1) is 5.41 Å². The predicted molar refractivity (Wildman–Crippen MR) is 256 cm³/mol. The fourth-order valence-electron chi connectivity index (χ4n) is 6.29. The van der Waals surface area contributed by atoms with Crippen LogP contribution < -0.4 is 16.4 Å². The number of aliphatic hydroxyl groups excluding tert-OH is 2. The highest BCUT2D eigenvalue weighted by molar-refractivity contribution is 8.13. The molecule has 28 heteroatoms. The van der Waals surface area contributed by atoms with Gasteiger partial charge in [0.15, 0.2) is 22.8 Å². The van der Waals surface area contributed by atoms with Gasteiger partial charge in [-0.1, -0.05) is 94.0 Å². The number of ether oxygens (including phenoxy) is 1. The van der Waals surface area contributed by atoms with Crippen molar-refractivity contribution in [2.45, 2.75) is 122 Å². The Labute approximate surface area is 405 Å².